The minimum Gasteiger partial charge on any atom is -0.298 e. The van der Waals surface area contributed by atoms with E-state index in [1.165, 1.54) is 5.56 Å². The standard InChI is InChI=1S/C12H12N2OS/c1-14-12(11(8-15)7-13-14)16-9-10-5-3-2-4-6-10/h2-8H,9H2,1H3. The first-order chi connectivity index (χ1) is 7.81. The Morgan fingerprint density at radius 3 is 2.81 bits per heavy atom. The van der Waals surface area contributed by atoms with E-state index >= 15 is 0 Å². The molecule has 82 valence electrons. The summed E-state index contributed by atoms with van der Waals surface area (Å²) in [6, 6.07) is 10.2. The molecular weight excluding hydrogens is 220 g/mol. The molecule has 0 spiro atoms. The van der Waals surface area contributed by atoms with Gasteiger partial charge in [-0.15, -0.1) is 11.8 Å². The zero-order chi connectivity index (χ0) is 11.4. The van der Waals surface area contributed by atoms with Gasteiger partial charge < -0.3 is 0 Å². The molecule has 1 aromatic carbocycles. The monoisotopic (exact) mass is 232 g/mol. The number of hydrogen-bond donors (Lipinski definition) is 0. The Hall–Kier alpha value is -1.55. The van der Waals surface area contributed by atoms with Gasteiger partial charge in [0.15, 0.2) is 6.29 Å². The molecule has 0 amide bonds. The highest BCUT2D eigenvalue weighted by molar-refractivity contribution is 7.98. The lowest BCUT2D eigenvalue weighted by molar-refractivity contribution is 0.112. The van der Waals surface area contributed by atoms with Gasteiger partial charge in [-0.05, 0) is 5.56 Å². The molecular formula is C12H12N2OS. The second-order valence-electron chi connectivity index (χ2n) is 3.42. The Kier molecular flexibility index (Phi) is 3.41. The van der Waals surface area contributed by atoms with Crippen molar-refractivity contribution < 1.29 is 4.79 Å². The normalized spacial score (nSPS) is 10.3. The lowest BCUT2D eigenvalue weighted by Crippen LogP contribution is -1.94. The number of benzene rings is 1. The Bertz CT molecular complexity index is 479. The van der Waals surface area contributed by atoms with E-state index in [4.69, 9.17) is 0 Å². The maximum Gasteiger partial charge on any atom is 0.154 e. The van der Waals surface area contributed by atoms with Crippen molar-refractivity contribution in [2.24, 2.45) is 7.05 Å². The van der Waals surface area contributed by atoms with Crippen molar-refractivity contribution in [1.29, 1.82) is 0 Å². The van der Waals surface area contributed by atoms with Crippen molar-refractivity contribution in [2.75, 3.05) is 0 Å². The third kappa shape index (κ3) is 2.33. The molecule has 0 aliphatic rings. The van der Waals surface area contributed by atoms with Crippen molar-refractivity contribution >= 4 is 18.0 Å². The first-order valence-electron chi connectivity index (χ1n) is 4.95. The highest BCUT2D eigenvalue weighted by Gasteiger charge is 2.07. The minimum absolute atomic E-state index is 0.656. The summed E-state index contributed by atoms with van der Waals surface area (Å²) in [5.41, 5.74) is 1.90. The van der Waals surface area contributed by atoms with Gasteiger partial charge in [-0.25, -0.2) is 0 Å². The summed E-state index contributed by atoms with van der Waals surface area (Å²) in [6.45, 7) is 0. The summed E-state index contributed by atoms with van der Waals surface area (Å²) in [5, 5.41) is 4.98. The van der Waals surface area contributed by atoms with Gasteiger partial charge >= 0.3 is 0 Å². The topological polar surface area (TPSA) is 34.9 Å². The lowest BCUT2D eigenvalue weighted by Gasteiger charge is -2.03. The Balaban J connectivity index is 2.10. The molecule has 0 N–H and O–H groups in total. The third-order valence-corrected chi connectivity index (χ3v) is 3.51. The number of carbonyl (C=O) groups excluding carboxylic acids is 1. The summed E-state index contributed by atoms with van der Waals surface area (Å²) >= 11 is 1.63. The molecule has 0 bridgehead atoms. The van der Waals surface area contributed by atoms with E-state index in [1.54, 1.807) is 22.6 Å². The predicted molar refractivity (Wildman–Crippen MR) is 64.6 cm³/mol. The maximum atomic E-state index is 10.8. The van der Waals surface area contributed by atoms with Crippen LogP contribution in [0.5, 0.6) is 0 Å². The van der Waals surface area contributed by atoms with Crippen molar-refractivity contribution in [3.63, 3.8) is 0 Å². The molecule has 0 aliphatic carbocycles. The van der Waals surface area contributed by atoms with E-state index in [-0.39, 0.29) is 0 Å². The Morgan fingerprint density at radius 2 is 2.12 bits per heavy atom. The summed E-state index contributed by atoms with van der Waals surface area (Å²) in [4.78, 5) is 10.8. The smallest absolute Gasteiger partial charge is 0.154 e. The number of aldehydes is 1. The fourth-order valence-electron chi connectivity index (χ4n) is 1.43. The number of nitrogens with zero attached hydrogens (tertiary/aromatic N) is 2. The van der Waals surface area contributed by atoms with Gasteiger partial charge in [-0.1, -0.05) is 30.3 Å². The number of aromatic nitrogens is 2. The number of rotatable bonds is 4. The molecule has 16 heavy (non-hydrogen) atoms. The van der Waals surface area contributed by atoms with Crippen molar-refractivity contribution in [1.82, 2.24) is 9.78 Å². The molecule has 0 fully saturated rings. The number of thioether (sulfide) groups is 1. The van der Waals surface area contributed by atoms with E-state index in [1.807, 2.05) is 25.2 Å². The Morgan fingerprint density at radius 1 is 1.38 bits per heavy atom. The van der Waals surface area contributed by atoms with Gasteiger partial charge in [-0.2, -0.15) is 5.10 Å². The first-order valence-corrected chi connectivity index (χ1v) is 5.93. The average Bonchev–Trinajstić information content (AvgIpc) is 2.69. The molecule has 2 aromatic rings. The molecule has 0 saturated carbocycles. The molecule has 0 unspecified atom stereocenters. The fourth-order valence-corrected chi connectivity index (χ4v) is 2.42. The van der Waals surface area contributed by atoms with Crippen LogP contribution in [-0.4, -0.2) is 16.1 Å². The van der Waals surface area contributed by atoms with Gasteiger partial charge in [0, 0.05) is 12.8 Å². The summed E-state index contributed by atoms with van der Waals surface area (Å²) in [7, 11) is 1.85. The SMILES string of the molecule is Cn1ncc(C=O)c1SCc1ccccc1. The largest absolute Gasteiger partial charge is 0.298 e. The summed E-state index contributed by atoms with van der Waals surface area (Å²) < 4.78 is 1.73. The van der Waals surface area contributed by atoms with Gasteiger partial charge in [0.2, 0.25) is 0 Å². The van der Waals surface area contributed by atoms with Gasteiger partial charge in [0.25, 0.3) is 0 Å². The van der Waals surface area contributed by atoms with E-state index in [2.05, 4.69) is 17.2 Å². The van der Waals surface area contributed by atoms with Crippen LogP contribution in [0.1, 0.15) is 15.9 Å². The average molecular weight is 232 g/mol. The zero-order valence-electron chi connectivity index (χ0n) is 8.96. The van der Waals surface area contributed by atoms with Gasteiger partial charge in [0.1, 0.15) is 5.03 Å². The van der Waals surface area contributed by atoms with Crippen LogP contribution in [0.4, 0.5) is 0 Å². The van der Waals surface area contributed by atoms with Crippen molar-refractivity contribution in [3.8, 4) is 0 Å². The van der Waals surface area contributed by atoms with Crippen LogP contribution in [-0.2, 0) is 12.8 Å². The number of carbonyl (C=O) groups is 1. The highest BCUT2D eigenvalue weighted by atomic mass is 32.2. The van der Waals surface area contributed by atoms with E-state index in [9.17, 15) is 4.79 Å². The molecule has 3 nitrogen and oxygen atoms in total. The van der Waals surface area contributed by atoms with Gasteiger partial charge in [0.05, 0.1) is 11.8 Å². The quantitative estimate of drug-likeness (QED) is 0.600. The Labute approximate surface area is 98.5 Å². The molecule has 4 heteroatoms. The molecule has 1 aromatic heterocycles. The van der Waals surface area contributed by atoms with Crippen LogP contribution >= 0.6 is 11.8 Å². The molecule has 0 saturated heterocycles. The van der Waals surface area contributed by atoms with E-state index in [0.29, 0.717) is 5.56 Å². The summed E-state index contributed by atoms with van der Waals surface area (Å²) in [5.74, 6) is 0.848. The molecule has 1 heterocycles. The van der Waals surface area contributed by atoms with Crippen LogP contribution in [0.2, 0.25) is 0 Å². The van der Waals surface area contributed by atoms with Crippen LogP contribution in [0.15, 0.2) is 41.6 Å². The molecule has 0 atom stereocenters. The maximum absolute atomic E-state index is 10.8. The highest BCUT2D eigenvalue weighted by Crippen LogP contribution is 2.24. The molecule has 0 radical (unpaired) electrons. The van der Waals surface area contributed by atoms with E-state index in [0.717, 1.165) is 17.1 Å². The predicted octanol–water partition coefficient (Wildman–Crippen LogP) is 2.52. The van der Waals surface area contributed by atoms with Crippen LogP contribution in [0, 0.1) is 0 Å². The second kappa shape index (κ2) is 4.99. The van der Waals surface area contributed by atoms with E-state index < -0.39 is 0 Å². The lowest BCUT2D eigenvalue weighted by atomic mass is 10.2. The number of aryl methyl sites for hydroxylation is 1. The minimum atomic E-state index is 0.656. The third-order valence-electron chi connectivity index (χ3n) is 2.26. The van der Waals surface area contributed by atoms with Crippen molar-refractivity contribution in [3.05, 3.63) is 47.7 Å². The van der Waals surface area contributed by atoms with Crippen LogP contribution in [0.3, 0.4) is 0 Å². The summed E-state index contributed by atoms with van der Waals surface area (Å²) in [6.07, 6.45) is 2.45. The zero-order valence-corrected chi connectivity index (χ0v) is 9.78. The van der Waals surface area contributed by atoms with Gasteiger partial charge in [-0.3, -0.25) is 9.48 Å². The molecule has 0 aliphatic heterocycles. The second-order valence-corrected chi connectivity index (χ2v) is 4.38. The number of hydrogen-bond acceptors (Lipinski definition) is 3. The van der Waals surface area contributed by atoms with Crippen LogP contribution < -0.4 is 0 Å². The first kappa shape index (κ1) is 11.0. The molecule has 2 rings (SSSR count). The van der Waals surface area contributed by atoms with Crippen LogP contribution in [0.25, 0.3) is 0 Å². The van der Waals surface area contributed by atoms with Crippen molar-refractivity contribution in [2.45, 2.75) is 10.8 Å². The fraction of sp³-hybridized carbons (Fsp3) is 0.167.